The Morgan fingerprint density at radius 2 is 1.86 bits per heavy atom. The summed E-state index contributed by atoms with van der Waals surface area (Å²) in [5.41, 5.74) is 12.8. The van der Waals surface area contributed by atoms with Gasteiger partial charge in [-0.1, -0.05) is 6.07 Å². The zero-order chi connectivity index (χ0) is 10.3. The van der Waals surface area contributed by atoms with Crippen LogP contribution in [-0.2, 0) is 0 Å². The van der Waals surface area contributed by atoms with Crippen LogP contribution in [0.5, 0.6) is 0 Å². The van der Waals surface area contributed by atoms with Crippen molar-refractivity contribution in [1.29, 1.82) is 5.41 Å². The first-order valence-corrected chi connectivity index (χ1v) is 4.10. The van der Waals surface area contributed by atoms with Gasteiger partial charge in [-0.3, -0.25) is 4.79 Å². The van der Waals surface area contributed by atoms with Gasteiger partial charge in [0, 0.05) is 16.8 Å². The van der Waals surface area contributed by atoms with Gasteiger partial charge in [0.05, 0.1) is 11.4 Å². The SMILES string of the molecule is N=C1C=C(N)C(=O)c2cc(N)ccc21. The van der Waals surface area contributed by atoms with Gasteiger partial charge in [0.15, 0.2) is 0 Å². The lowest BCUT2D eigenvalue weighted by atomic mass is 9.92. The lowest BCUT2D eigenvalue weighted by Gasteiger charge is -2.14. The molecule has 2 rings (SSSR count). The number of nitrogens with two attached hydrogens (primary N) is 2. The van der Waals surface area contributed by atoms with Crippen LogP contribution < -0.4 is 11.5 Å². The van der Waals surface area contributed by atoms with E-state index in [9.17, 15) is 4.79 Å². The predicted molar refractivity (Wildman–Crippen MR) is 54.3 cm³/mol. The largest absolute Gasteiger partial charge is 0.399 e. The van der Waals surface area contributed by atoms with Crippen molar-refractivity contribution in [2.75, 3.05) is 5.73 Å². The van der Waals surface area contributed by atoms with Crippen LogP contribution in [0.1, 0.15) is 15.9 Å². The van der Waals surface area contributed by atoms with E-state index in [2.05, 4.69) is 0 Å². The first kappa shape index (κ1) is 8.50. The van der Waals surface area contributed by atoms with E-state index in [1.165, 1.54) is 6.08 Å². The fraction of sp³-hybridized carbons (Fsp3) is 0. The Hall–Kier alpha value is -2.10. The number of anilines is 1. The van der Waals surface area contributed by atoms with Crippen molar-refractivity contribution in [1.82, 2.24) is 0 Å². The van der Waals surface area contributed by atoms with Crippen molar-refractivity contribution >= 4 is 17.2 Å². The molecule has 1 aromatic rings. The van der Waals surface area contributed by atoms with Crippen molar-refractivity contribution in [3.8, 4) is 0 Å². The predicted octanol–water partition coefficient (Wildman–Crippen LogP) is 0.676. The van der Waals surface area contributed by atoms with E-state index in [4.69, 9.17) is 16.9 Å². The molecule has 0 spiro atoms. The maximum atomic E-state index is 11.6. The number of carbonyl (C=O) groups is 1. The van der Waals surface area contributed by atoms with E-state index in [1.807, 2.05) is 0 Å². The second kappa shape index (κ2) is 2.70. The van der Waals surface area contributed by atoms with Gasteiger partial charge in [-0.25, -0.2) is 0 Å². The van der Waals surface area contributed by atoms with Crippen molar-refractivity contribution in [3.05, 3.63) is 41.1 Å². The summed E-state index contributed by atoms with van der Waals surface area (Å²) >= 11 is 0. The van der Waals surface area contributed by atoms with Crippen molar-refractivity contribution in [2.45, 2.75) is 0 Å². The molecule has 1 aliphatic rings. The van der Waals surface area contributed by atoms with Gasteiger partial charge >= 0.3 is 0 Å². The third-order valence-corrected chi connectivity index (χ3v) is 2.14. The average molecular weight is 187 g/mol. The van der Waals surface area contributed by atoms with Crippen molar-refractivity contribution in [3.63, 3.8) is 0 Å². The number of carbonyl (C=O) groups excluding carboxylic acids is 1. The Bertz CT molecular complexity index is 474. The standard InChI is InChI=1S/C10H9N3O/c11-5-1-2-6-7(3-5)10(14)9(13)4-8(6)12/h1-4,12H,11,13H2. The Balaban J connectivity index is 2.69. The second-order valence-electron chi connectivity index (χ2n) is 3.15. The smallest absolute Gasteiger partial charge is 0.209 e. The number of benzene rings is 1. The van der Waals surface area contributed by atoms with E-state index >= 15 is 0 Å². The van der Waals surface area contributed by atoms with Crippen LogP contribution in [0.4, 0.5) is 5.69 Å². The highest BCUT2D eigenvalue weighted by Crippen LogP contribution is 2.21. The van der Waals surface area contributed by atoms with Crippen LogP contribution in [0.3, 0.4) is 0 Å². The molecule has 0 aromatic heterocycles. The first-order valence-electron chi connectivity index (χ1n) is 4.10. The summed E-state index contributed by atoms with van der Waals surface area (Å²) in [6.45, 7) is 0. The van der Waals surface area contributed by atoms with Crippen molar-refractivity contribution < 1.29 is 4.79 Å². The highest BCUT2D eigenvalue weighted by Gasteiger charge is 2.21. The number of hydrogen-bond acceptors (Lipinski definition) is 4. The monoisotopic (exact) mass is 187 g/mol. The molecular formula is C10H9N3O. The van der Waals surface area contributed by atoms with Gasteiger partial charge in [0.1, 0.15) is 0 Å². The first-order chi connectivity index (χ1) is 6.59. The number of hydrogen-bond donors (Lipinski definition) is 3. The Labute approximate surface area is 80.7 Å². The molecule has 4 heteroatoms. The molecule has 5 N–H and O–H groups in total. The zero-order valence-electron chi connectivity index (χ0n) is 7.37. The van der Waals surface area contributed by atoms with Gasteiger partial charge in [-0.2, -0.15) is 0 Å². The second-order valence-corrected chi connectivity index (χ2v) is 3.15. The molecule has 1 aromatic carbocycles. The number of ketones is 1. The molecule has 0 heterocycles. The van der Waals surface area contributed by atoms with Gasteiger partial charge < -0.3 is 16.9 Å². The van der Waals surface area contributed by atoms with Crippen LogP contribution in [0.25, 0.3) is 0 Å². The summed E-state index contributed by atoms with van der Waals surface area (Å²) in [6, 6.07) is 4.87. The van der Waals surface area contributed by atoms with Crippen LogP contribution in [0.15, 0.2) is 30.0 Å². The van der Waals surface area contributed by atoms with Crippen LogP contribution in [0.2, 0.25) is 0 Å². The topological polar surface area (TPSA) is 93.0 Å². The summed E-state index contributed by atoms with van der Waals surface area (Å²) in [5, 5.41) is 7.61. The number of allylic oxidation sites excluding steroid dienone is 2. The molecule has 1 aliphatic carbocycles. The molecule has 4 nitrogen and oxygen atoms in total. The van der Waals surface area contributed by atoms with Crippen LogP contribution in [0, 0.1) is 5.41 Å². The maximum Gasteiger partial charge on any atom is 0.209 e. The van der Waals surface area contributed by atoms with Crippen LogP contribution >= 0.6 is 0 Å². The van der Waals surface area contributed by atoms with E-state index in [1.54, 1.807) is 18.2 Å². The quantitative estimate of drug-likeness (QED) is 0.521. The maximum absolute atomic E-state index is 11.6. The Morgan fingerprint density at radius 3 is 2.57 bits per heavy atom. The van der Waals surface area contributed by atoms with Crippen LogP contribution in [-0.4, -0.2) is 11.5 Å². The summed E-state index contributed by atoms with van der Waals surface area (Å²) in [5.74, 6) is -0.261. The van der Waals surface area contributed by atoms with E-state index in [0.717, 1.165) is 0 Å². The lowest BCUT2D eigenvalue weighted by molar-refractivity contribution is 0.103. The number of nitrogen functional groups attached to an aromatic ring is 1. The summed E-state index contributed by atoms with van der Waals surface area (Å²) in [6.07, 6.45) is 1.36. The summed E-state index contributed by atoms with van der Waals surface area (Å²) in [7, 11) is 0. The Morgan fingerprint density at radius 1 is 1.14 bits per heavy atom. The third-order valence-electron chi connectivity index (χ3n) is 2.14. The number of rotatable bonds is 0. The van der Waals surface area contributed by atoms with E-state index in [-0.39, 0.29) is 17.2 Å². The molecule has 0 radical (unpaired) electrons. The summed E-state index contributed by atoms with van der Waals surface area (Å²) in [4.78, 5) is 11.6. The number of fused-ring (bicyclic) bond motifs is 1. The molecule has 0 saturated carbocycles. The average Bonchev–Trinajstić information content (AvgIpc) is 2.14. The van der Waals surface area contributed by atoms with Crippen molar-refractivity contribution in [2.24, 2.45) is 5.73 Å². The Kier molecular flexibility index (Phi) is 1.64. The molecule has 14 heavy (non-hydrogen) atoms. The normalized spacial score (nSPS) is 15.0. The minimum atomic E-state index is -0.261. The fourth-order valence-electron chi connectivity index (χ4n) is 1.44. The molecule has 0 aliphatic heterocycles. The fourth-order valence-corrected chi connectivity index (χ4v) is 1.44. The molecule has 0 bridgehead atoms. The molecule has 0 atom stereocenters. The van der Waals surface area contributed by atoms with Gasteiger partial charge in [0.2, 0.25) is 5.78 Å². The molecule has 0 fully saturated rings. The molecule has 70 valence electrons. The van der Waals surface area contributed by atoms with Gasteiger partial charge in [-0.05, 0) is 18.2 Å². The number of Topliss-reactive ketones (excluding diaryl/α,β-unsaturated/α-hetero) is 1. The highest BCUT2D eigenvalue weighted by molar-refractivity contribution is 6.25. The molecule has 0 saturated heterocycles. The van der Waals surface area contributed by atoms with Gasteiger partial charge in [-0.15, -0.1) is 0 Å². The van der Waals surface area contributed by atoms with E-state index in [0.29, 0.717) is 16.8 Å². The molecule has 0 unspecified atom stereocenters. The highest BCUT2D eigenvalue weighted by atomic mass is 16.1. The zero-order valence-corrected chi connectivity index (χ0v) is 7.37. The number of nitrogens with one attached hydrogen (secondary N) is 1. The van der Waals surface area contributed by atoms with Gasteiger partial charge in [0.25, 0.3) is 0 Å². The third kappa shape index (κ3) is 1.08. The van der Waals surface area contributed by atoms with E-state index < -0.39 is 0 Å². The summed E-state index contributed by atoms with van der Waals surface area (Å²) < 4.78 is 0. The minimum Gasteiger partial charge on any atom is -0.399 e. The molecular weight excluding hydrogens is 178 g/mol. The molecule has 0 amide bonds. The minimum absolute atomic E-state index is 0.0908. The lowest BCUT2D eigenvalue weighted by Crippen LogP contribution is -2.21.